The Hall–Kier alpha value is -1.68. The molecule has 0 aliphatic heterocycles. The largest absolute Gasteiger partial charge is 0.489 e. The van der Waals surface area contributed by atoms with Crippen LogP contribution in [0.15, 0.2) is 65.1 Å². The summed E-state index contributed by atoms with van der Waals surface area (Å²) in [6, 6.07) is 19.6. The first-order chi connectivity index (χ1) is 12.5. The zero-order valence-electron chi connectivity index (χ0n) is 14.2. The molecule has 0 atom stereocenters. The van der Waals surface area contributed by atoms with Crippen LogP contribution in [0, 0.1) is 6.92 Å². The van der Waals surface area contributed by atoms with Crippen molar-refractivity contribution in [2.45, 2.75) is 20.1 Å². The topological polar surface area (TPSA) is 21.3 Å². The van der Waals surface area contributed by atoms with Crippen LogP contribution in [0.2, 0.25) is 10.0 Å². The first-order valence-electron chi connectivity index (χ1n) is 8.17. The van der Waals surface area contributed by atoms with Gasteiger partial charge >= 0.3 is 0 Å². The van der Waals surface area contributed by atoms with Gasteiger partial charge in [-0.1, -0.05) is 57.3 Å². The van der Waals surface area contributed by atoms with E-state index in [1.807, 2.05) is 61.5 Å². The van der Waals surface area contributed by atoms with Gasteiger partial charge < -0.3 is 10.1 Å². The molecule has 0 amide bonds. The lowest BCUT2D eigenvalue weighted by Crippen LogP contribution is -2.04. The fourth-order valence-electron chi connectivity index (χ4n) is 2.47. The minimum absolute atomic E-state index is 0.488. The summed E-state index contributed by atoms with van der Waals surface area (Å²) >= 11 is 15.7. The summed E-state index contributed by atoms with van der Waals surface area (Å²) in [5.74, 6) is 0.842. The van der Waals surface area contributed by atoms with Crippen molar-refractivity contribution in [1.82, 2.24) is 0 Å². The quantitative estimate of drug-likeness (QED) is 0.426. The standard InChI is InChI=1S/C21H18BrCl2NO/c1-14-2-8-19(11-20(14)24)25-12-16-10-17(22)5-9-21(16)26-13-15-3-6-18(23)7-4-15/h2-11,25H,12-13H2,1H3. The number of halogens is 3. The molecule has 0 spiro atoms. The SMILES string of the molecule is Cc1ccc(NCc2cc(Br)ccc2OCc2ccc(Cl)cc2)cc1Cl. The Morgan fingerprint density at radius 2 is 1.73 bits per heavy atom. The van der Waals surface area contributed by atoms with Crippen molar-refractivity contribution in [1.29, 1.82) is 0 Å². The van der Waals surface area contributed by atoms with Gasteiger partial charge in [0.1, 0.15) is 12.4 Å². The van der Waals surface area contributed by atoms with E-state index in [-0.39, 0.29) is 0 Å². The maximum absolute atomic E-state index is 6.20. The molecule has 0 aliphatic carbocycles. The van der Waals surface area contributed by atoms with Gasteiger partial charge in [-0.3, -0.25) is 0 Å². The van der Waals surface area contributed by atoms with E-state index in [0.717, 1.165) is 42.6 Å². The van der Waals surface area contributed by atoms with Crippen LogP contribution >= 0.6 is 39.1 Å². The van der Waals surface area contributed by atoms with Crippen molar-refractivity contribution in [2.75, 3.05) is 5.32 Å². The summed E-state index contributed by atoms with van der Waals surface area (Å²) < 4.78 is 7.03. The van der Waals surface area contributed by atoms with Crippen molar-refractivity contribution < 1.29 is 4.74 Å². The summed E-state index contributed by atoms with van der Waals surface area (Å²) in [6.45, 7) is 3.11. The van der Waals surface area contributed by atoms with Crippen LogP contribution in [0.25, 0.3) is 0 Å². The number of rotatable bonds is 6. The first-order valence-corrected chi connectivity index (χ1v) is 9.72. The Morgan fingerprint density at radius 3 is 2.46 bits per heavy atom. The van der Waals surface area contributed by atoms with E-state index in [1.54, 1.807) is 0 Å². The fourth-order valence-corrected chi connectivity index (χ4v) is 3.18. The molecule has 1 N–H and O–H groups in total. The molecule has 0 aliphatic rings. The molecule has 3 aromatic rings. The lowest BCUT2D eigenvalue weighted by Gasteiger charge is -2.14. The van der Waals surface area contributed by atoms with Crippen molar-refractivity contribution in [2.24, 2.45) is 0 Å². The van der Waals surface area contributed by atoms with Crippen molar-refractivity contribution >= 4 is 44.8 Å². The van der Waals surface area contributed by atoms with Gasteiger partial charge in [-0.05, 0) is 60.5 Å². The van der Waals surface area contributed by atoms with Crippen molar-refractivity contribution in [3.05, 3.63) is 91.9 Å². The maximum atomic E-state index is 6.20. The monoisotopic (exact) mass is 449 g/mol. The van der Waals surface area contributed by atoms with Crippen LogP contribution in [-0.2, 0) is 13.2 Å². The number of hydrogen-bond acceptors (Lipinski definition) is 2. The zero-order chi connectivity index (χ0) is 18.5. The average Bonchev–Trinajstić information content (AvgIpc) is 2.63. The molecule has 0 radical (unpaired) electrons. The Kier molecular flexibility index (Phi) is 6.47. The predicted octanol–water partition coefficient (Wildman–Crippen LogP) is 7.26. The van der Waals surface area contributed by atoms with E-state index < -0.39 is 0 Å². The number of nitrogens with one attached hydrogen (secondary N) is 1. The van der Waals surface area contributed by atoms with E-state index in [2.05, 4.69) is 27.3 Å². The molecule has 0 bridgehead atoms. The summed E-state index contributed by atoms with van der Waals surface area (Å²) in [4.78, 5) is 0. The summed E-state index contributed by atoms with van der Waals surface area (Å²) in [6.07, 6.45) is 0. The second-order valence-corrected chi connectivity index (χ2v) is 7.74. The number of anilines is 1. The van der Waals surface area contributed by atoms with Gasteiger partial charge in [0.2, 0.25) is 0 Å². The highest BCUT2D eigenvalue weighted by Crippen LogP contribution is 2.26. The third kappa shape index (κ3) is 5.16. The summed E-state index contributed by atoms with van der Waals surface area (Å²) in [5.41, 5.74) is 4.17. The molecular formula is C21H18BrCl2NO. The lowest BCUT2D eigenvalue weighted by molar-refractivity contribution is 0.303. The Morgan fingerprint density at radius 1 is 0.962 bits per heavy atom. The lowest BCUT2D eigenvalue weighted by atomic mass is 10.1. The maximum Gasteiger partial charge on any atom is 0.124 e. The Balaban J connectivity index is 1.70. The van der Waals surface area contributed by atoms with Crippen molar-refractivity contribution in [3.63, 3.8) is 0 Å². The van der Waals surface area contributed by atoms with Gasteiger partial charge in [0, 0.05) is 32.3 Å². The second kappa shape index (κ2) is 8.81. The molecule has 5 heteroatoms. The van der Waals surface area contributed by atoms with Gasteiger partial charge in [0.15, 0.2) is 0 Å². The molecule has 3 rings (SSSR count). The first kappa shape index (κ1) is 19.1. The zero-order valence-corrected chi connectivity index (χ0v) is 17.3. The molecular weight excluding hydrogens is 433 g/mol. The van der Waals surface area contributed by atoms with Gasteiger partial charge in [-0.2, -0.15) is 0 Å². The highest BCUT2D eigenvalue weighted by atomic mass is 79.9. The predicted molar refractivity (Wildman–Crippen MR) is 113 cm³/mol. The highest BCUT2D eigenvalue weighted by Gasteiger charge is 2.06. The average molecular weight is 451 g/mol. The van der Waals surface area contributed by atoms with Crippen LogP contribution in [0.1, 0.15) is 16.7 Å². The Bertz CT molecular complexity index is 897. The van der Waals surface area contributed by atoms with Crippen LogP contribution in [0.4, 0.5) is 5.69 Å². The van der Waals surface area contributed by atoms with E-state index >= 15 is 0 Å². The molecule has 26 heavy (non-hydrogen) atoms. The molecule has 134 valence electrons. The number of benzene rings is 3. The molecule has 0 saturated carbocycles. The second-order valence-electron chi connectivity index (χ2n) is 5.98. The van der Waals surface area contributed by atoms with Gasteiger partial charge in [0.25, 0.3) is 0 Å². The van der Waals surface area contributed by atoms with E-state index in [0.29, 0.717) is 13.2 Å². The van der Waals surface area contributed by atoms with Crippen LogP contribution in [-0.4, -0.2) is 0 Å². The van der Waals surface area contributed by atoms with Crippen LogP contribution in [0.3, 0.4) is 0 Å². The van der Waals surface area contributed by atoms with Gasteiger partial charge in [0.05, 0.1) is 0 Å². The minimum Gasteiger partial charge on any atom is -0.489 e. The summed E-state index contributed by atoms with van der Waals surface area (Å²) in [5, 5.41) is 4.87. The molecule has 0 aromatic heterocycles. The molecule has 0 fully saturated rings. The fraction of sp³-hybridized carbons (Fsp3) is 0.143. The highest BCUT2D eigenvalue weighted by molar-refractivity contribution is 9.10. The van der Waals surface area contributed by atoms with Gasteiger partial charge in [-0.25, -0.2) is 0 Å². The van der Waals surface area contributed by atoms with Crippen LogP contribution < -0.4 is 10.1 Å². The van der Waals surface area contributed by atoms with Crippen molar-refractivity contribution in [3.8, 4) is 5.75 Å². The molecule has 0 unspecified atom stereocenters. The minimum atomic E-state index is 0.488. The third-order valence-corrected chi connectivity index (χ3v) is 5.14. The van der Waals surface area contributed by atoms with E-state index in [9.17, 15) is 0 Å². The third-order valence-electron chi connectivity index (χ3n) is 3.98. The number of aryl methyl sites for hydroxylation is 1. The van der Waals surface area contributed by atoms with E-state index in [1.165, 1.54) is 0 Å². The van der Waals surface area contributed by atoms with E-state index in [4.69, 9.17) is 27.9 Å². The smallest absolute Gasteiger partial charge is 0.124 e. The number of ether oxygens (including phenoxy) is 1. The molecule has 0 heterocycles. The summed E-state index contributed by atoms with van der Waals surface area (Å²) in [7, 11) is 0. The molecule has 2 nitrogen and oxygen atoms in total. The molecule has 0 saturated heterocycles. The van der Waals surface area contributed by atoms with Crippen LogP contribution in [0.5, 0.6) is 5.75 Å². The Labute approximate surface area is 172 Å². The van der Waals surface area contributed by atoms with Gasteiger partial charge in [-0.15, -0.1) is 0 Å². The number of hydrogen-bond donors (Lipinski definition) is 1. The normalized spacial score (nSPS) is 10.6. The molecule has 3 aromatic carbocycles.